The second-order valence-electron chi connectivity index (χ2n) is 6.23. The molecule has 1 N–H and O–H groups in total. The highest BCUT2D eigenvalue weighted by molar-refractivity contribution is 7.17. The van der Waals surface area contributed by atoms with Crippen LogP contribution in [0, 0.1) is 6.92 Å². The number of benzene rings is 1. The Morgan fingerprint density at radius 1 is 1.41 bits per heavy atom. The summed E-state index contributed by atoms with van der Waals surface area (Å²) < 4.78 is 16.1. The van der Waals surface area contributed by atoms with Gasteiger partial charge in [-0.25, -0.2) is 0 Å². The first-order valence-corrected chi connectivity index (χ1v) is 9.41. The summed E-state index contributed by atoms with van der Waals surface area (Å²) in [6, 6.07) is 7.48. The molecule has 1 aromatic carbocycles. The Morgan fingerprint density at radius 3 is 3.07 bits per heavy atom. The largest absolute Gasteiger partial charge is 0.497 e. The predicted octanol–water partition coefficient (Wildman–Crippen LogP) is 3.37. The molecule has 0 radical (unpaired) electrons. The molecule has 3 heterocycles. The van der Waals surface area contributed by atoms with Gasteiger partial charge < -0.3 is 19.3 Å². The van der Waals surface area contributed by atoms with Gasteiger partial charge in [0.15, 0.2) is 5.82 Å². The van der Waals surface area contributed by atoms with Crippen LogP contribution in [0.25, 0.3) is 11.5 Å². The van der Waals surface area contributed by atoms with Crippen molar-refractivity contribution in [3.8, 4) is 17.2 Å². The summed E-state index contributed by atoms with van der Waals surface area (Å²) in [6.07, 6.45) is 1.01. The van der Waals surface area contributed by atoms with Crippen molar-refractivity contribution < 1.29 is 18.8 Å². The Kier molecular flexibility index (Phi) is 4.91. The Bertz CT molecular complexity index is 979. The normalized spacial score (nSPS) is 13.3. The molecule has 2 aromatic heterocycles. The molecule has 1 amide bonds. The number of rotatable bonds is 5. The third kappa shape index (κ3) is 3.72. The molecular formula is C19H19N3O4S. The van der Waals surface area contributed by atoms with E-state index in [1.807, 2.05) is 24.3 Å². The summed E-state index contributed by atoms with van der Waals surface area (Å²) in [5.74, 6) is 1.61. The molecular weight excluding hydrogens is 366 g/mol. The summed E-state index contributed by atoms with van der Waals surface area (Å²) in [4.78, 5) is 18.1. The number of methoxy groups -OCH3 is 1. The quantitative estimate of drug-likeness (QED) is 0.725. The Balaban J connectivity index is 1.61. The van der Waals surface area contributed by atoms with Crippen molar-refractivity contribution in [1.82, 2.24) is 10.1 Å². The van der Waals surface area contributed by atoms with Crippen molar-refractivity contribution in [2.24, 2.45) is 0 Å². The van der Waals surface area contributed by atoms with Crippen LogP contribution in [0.5, 0.6) is 5.75 Å². The molecule has 3 aromatic rings. The average molecular weight is 385 g/mol. The van der Waals surface area contributed by atoms with E-state index in [-0.39, 0.29) is 12.3 Å². The van der Waals surface area contributed by atoms with Crippen LogP contribution in [0.4, 0.5) is 5.00 Å². The van der Waals surface area contributed by atoms with Gasteiger partial charge in [0.1, 0.15) is 10.8 Å². The van der Waals surface area contributed by atoms with E-state index < -0.39 is 0 Å². The SMILES string of the molecule is COc1cccc(CC(=O)Nc2sc3c(c2-c2nc(C)no2)CCOC3)c1. The lowest BCUT2D eigenvalue weighted by Crippen LogP contribution is -2.14. The zero-order valence-corrected chi connectivity index (χ0v) is 15.9. The number of hydrogen-bond donors (Lipinski definition) is 1. The van der Waals surface area contributed by atoms with Crippen LogP contribution in [-0.4, -0.2) is 29.8 Å². The first kappa shape index (κ1) is 17.7. The first-order chi connectivity index (χ1) is 13.1. The Hall–Kier alpha value is -2.71. The van der Waals surface area contributed by atoms with Crippen LogP contribution in [0.2, 0.25) is 0 Å². The first-order valence-electron chi connectivity index (χ1n) is 8.60. The van der Waals surface area contributed by atoms with Crippen LogP contribution < -0.4 is 10.1 Å². The number of carbonyl (C=O) groups is 1. The maximum Gasteiger partial charge on any atom is 0.261 e. The van der Waals surface area contributed by atoms with Crippen LogP contribution in [0.1, 0.15) is 21.8 Å². The van der Waals surface area contributed by atoms with Crippen molar-refractivity contribution in [3.05, 3.63) is 46.1 Å². The molecule has 0 spiro atoms. The minimum atomic E-state index is -0.111. The zero-order chi connectivity index (χ0) is 18.8. The van der Waals surface area contributed by atoms with Gasteiger partial charge in [0.05, 0.1) is 32.3 Å². The minimum absolute atomic E-state index is 0.111. The number of fused-ring (bicyclic) bond motifs is 1. The molecule has 0 bridgehead atoms. The summed E-state index contributed by atoms with van der Waals surface area (Å²) in [6.45, 7) is 2.95. The maximum atomic E-state index is 12.6. The highest BCUT2D eigenvalue weighted by atomic mass is 32.1. The zero-order valence-electron chi connectivity index (χ0n) is 15.1. The predicted molar refractivity (Wildman–Crippen MR) is 101 cm³/mol. The standard InChI is InChI=1S/C19H19N3O4S/c1-11-20-18(26-22-11)17-14-6-7-25-10-15(14)27-19(17)21-16(23)9-12-4-3-5-13(8-12)24-2/h3-5,8H,6-7,9-10H2,1-2H3,(H,21,23). The van der Waals surface area contributed by atoms with Gasteiger partial charge in [0.25, 0.3) is 5.89 Å². The number of aromatic nitrogens is 2. The second kappa shape index (κ2) is 7.50. The van der Waals surface area contributed by atoms with E-state index in [2.05, 4.69) is 15.5 Å². The van der Waals surface area contributed by atoms with Crippen LogP contribution in [0.3, 0.4) is 0 Å². The fourth-order valence-electron chi connectivity index (χ4n) is 3.08. The summed E-state index contributed by atoms with van der Waals surface area (Å²) in [7, 11) is 1.61. The molecule has 8 heteroatoms. The number of ether oxygens (including phenoxy) is 2. The fourth-order valence-corrected chi connectivity index (χ4v) is 4.28. The summed E-state index contributed by atoms with van der Waals surface area (Å²) >= 11 is 1.50. The van der Waals surface area contributed by atoms with E-state index in [1.165, 1.54) is 11.3 Å². The number of carbonyl (C=O) groups excluding carboxylic acids is 1. The van der Waals surface area contributed by atoms with Crippen molar-refractivity contribution in [2.45, 2.75) is 26.4 Å². The van der Waals surface area contributed by atoms with Crippen molar-refractivity contribution in [1.29, 1.82) is 0 Å². The van der Waals surface area contributed by atoms with Crippen molar-refractivity contribution >= 4 is 22.2 Å². The molecule has 1 aliphatic rings. The molecule has 0 unspecified atom stereocenters. The van der Waals surface area contributed by atoms with Gasteiger partial charge in [0, 0.05) is 4.88 Å². The van der Waals surface area contributed by atoms with E-state index >= 15 is 0 Å². The van der Waals surface area contributed by atoms with Gasteiger partial charge in [-0.1, -0.05) is 17.3 Å². The summed E-state index contributed by atoms with van der Waals surface area (Å²) in [5.41, 5.74) is 2.82. The molecule has 4 rings (SSSR count). The van der Waals surface area contributed by atoms with Gasteiger partial charge in [-0.05, 0) is 36.6 Å². The fraction of sp³-hybridized carbons (Fsp3) is 0.316. The number of nitrogens with one attached hydrogen (secondary N) is 1. The van der Waals surface area contributed by atoms with Crippen LogP contribution in [-0.2, 0) is 29.0 Å². The van der Waals surface area contributed by atoms with Crippen LogP contribution in [0.15, 0.2) is 28.8 Å². The second-order valence-corrected chi connectivity index (χ2v) is 7.34. The molecule has 7 nitrogen and oxygen atoms in total. The lowest BCUT2D eigenvalue weighted by Gasteiger charge is -2.12. The molecule has 0 atom stereocenters. The van der Waals surface area contributed by atoms with Gasteiger partial charge in [0.2, 0.25) is 5.91 Å². The number of anilines is 1. The Labute approximate surface area is 160 Å². The monoisotopic (exact) mass is 385 g/mol. The number of hydrogen-bond acceptors (Lipinski definition) is 7. The number of thiophene rings is 1. The maximum absolute atomic E-state index is 12.6. The molecule has 0 aliphatic carbocycles. The molecule has 27 heavy (non-hydrogen) atoms. The topological polar surface area (TPSA) is 86.5 Å². The third-order valence-corrected chi connectivity index (χ3v) is 5.43. The van der Waals surface area contributed by atoms with E-state index in [9.17, 15) is 4.79 Å². The molecule has 0 saturated heterocycles. The van der Waals surface area contributed by atoms with Gasteiger partial charge in [-0.2, -0.15) is 4.98 Å². The number of nitrogens with zero attached hydrogens (tertiary/aromatic N) is 2. The van der Waals surface area contributed by atoms with Gasteiger partial charge in [-0.3, -0.25) is 4.79 Å². The van der Waals surface area contributed by atoms with Crippen LogP contribution >= 0.6 is 11.3 Å². The Morgan fingerprint density at radius 2 is 2.30 bits per heavy atom. The molecule has 140 valence electrons. The van der Waals surface area contributed by atoms with E-state index in [4.69, 9.17) is 14.0 Å². The lowest BCUT2D eigenvalue weighted by molar-refractivity contribution is -0.115. The third-order valence-electron chi connectivity index (χ3n) is 4.31. The lowest BCUT2D eigenvalue weighted by atomic mass is 10.1. The number of aryl methyl sites for hydroxylation is 1. The number of amides is 1. The average Bonchev–Trinajstić information content (AvgIpc) is 3.24. The molecule has 0 saturated carbocycles. The minimum Gasteiger partial charge on any atom is -0.497 e. The van der Waals surface area contributed by atoms with Gasteiger partial charge >= 0.3 is 0 Å². The van der Waals surface area contributed by atoms with E-state index in [1.54, 1.807) is 14.0 Å². The van der Waals surface area contributed by atoms with Gasteiger partial charge in [-0.15, -0.1) is 11.3 Å². The molecule has 1 aliphatic heterocycles. The molecule has 0 fully saturated rings. The van der Waals surface area contributed by atoms with Crippen molar-refractivity contribution in [3.63, 3.8) is 0 Å². The van der Waals surface area contributed by atoms with E-state index in [0.717, 1.165) is 38.7 Å². The summed E-state index contributed by atoms with van der Waals surface area (Å²) in [5, 5.41) is 7.63. The van der Waals surface area contributed by atoms with Crippen molar-refractivity contribution in [2.75, 3.05) is 19.0 Å². The smallest absolute Gasteiger partial charge is 0.261 e. The van der Waals surface area contributed by atoms with E-state index in [0.29, 0.717) is 24.9 Å². The highest BCUT2D eigenvalue weighted by Crippen LogP contribution is 2.42. The highest BCUT2D eigenvalue weighted by Gasteiger charge is 2.26.